The van der Waals surface area contributed by atoms with Gasteiger partial charge in [0.25, 0.3) is 0 Å². The zero-order valence-electron chi connectivity index (χ0n) is 19.3. The average molecular weight is 444 g/mol. The first-order valence-corrected chi connectivity index (χ1v) is 11.9. The number of carbonyl (C=O) groups is 1. The number of carbonyl (C=O) groups excluding carboxylic acids is 1. The van der Waals surface area contributed by atoms with Gasteiger partial charge in [0.1, 0.15) is 18.5 Å². The third-order valence-corrected chi connectivity index (χ3v) is 6.20. The minimum atomic E-state index is -0.240. The Labute approximate surface area is 196 Å². The van der Waals surface area contributed by atoms with E-state index in [0.29, 0.717) is 19.1 Å². The van der Waals surface area contributed by atoms with Crippen molar-refractivity contribution >= 4 is 5.97 Å². The molecule has 1 aliphatic rings. The summed E-state index contributed by atoms with van der Waals surface area (Å²) in [7, 11) is 0. The van der Waals surface area contributed by atoms with Crippen molar-refractivity contribution in [3.05, 3.63) is 102 Å². The Morgan fingerprint density at radius 3 is 2.48 bits per heavy atom. The van der Waals surface area contributed by atoms with Crippen molar-refractivity contribution < 1.29 is 9.53 Å². The molecule has 2 aromatic carbocycles. The quantitative estimate of drug-likeness (QED) is 0.318. The largest absolute Gasteiger partial charge is 0.460 e. The predicted octanol–water partition coefficient (Wildman–Crippen LogP) is 5.22. The van der Waals surface area contributed by atoms with Crippen molar-refractivity contribution in [1.82, 2.24) is 14.5 Å². The van der Waals surface area contributed by atoms with E-state index in [-0.39, 0.29) is 12.0 Å². The molecule has 172 valence electrons. The summed E-state index contributed by atoms with van der Waals surface area (Å²) >= 11 is 0. The lowest BCUT2D eigenvalue weighted by Crippen LogP contribution is -2.37. The zero-order chi connectivity index (χ0) is 22.9. The molecular weight excluding hydrogens is 410 g/mol. The molecule has 4 rings (SSSR count). The van der Waals surface area contributed by atoms with Crippen molar-refractivity contribution in [3.63, 3.8) is 0 Å². The fourth-order valence-electron chi connectivity index (χ4n) is 4.47. The van der Waals surface area contributed by atoms with E-state index in [4.69, 9.17) is 4.74 Å². The molecule has 1 aliphatic heterocycles. The number of allylic oxidation sites excluding steroid dienone is 2. The monoisotopic (exact) mass is 443 g/mol. The van der Waals surface area contributed by atoms with E-state index in [9.17, 15) is 4.79 Å². The molecule has 1 fully saturated rings. The number of hydrogen-bond acceptors (Lipinski definition) is 4. The summed E-state index contributed by atoms with van der Waals surface area (Å²) < 4.78 is 7.91. The van der Waals surface area contributed by atoms with E-state index < -0.39 is 0 Å². The number of aromatic nitrogens is 2. The average Bonchev–Trinajstić information content (AvgIpc) is 3.46. The van der Waals surface area contributed by atoms with Crippen LogP contribution >= 0.6 is 0 Å². The Morgan fingerprint density at radius 1 is 1.03 bits per heavy atom. The van der Waals surface area contributed by atoms with Gasteiger partial charge < -0.3 is 9.30 Å². The molecule has 0 N–H and O–H groups in total. The molecule has 2 unspecified atom stereocenters. The Hall–Kier alpha value is -3.18. The van der Waals surface area contributed by atoms with Crippen LogP contribution in [0.1, 0.15) is 43.1 Å². The Morgan fingerprint density at radius 2 is 1.76 bits per heavy atom. The summed E-state index contributed by atoms with van der Waals surface area (Å²) in [6, 6.07) is 20.0. The summed E-state index contributed by atoms with van der Waals surface area (Å²) in [6.45, 7) is 4.74. The van der Waals surface area contributed by atoms with Gasteiger partial charge in [-0.3, -0.25) is 9.69 Å². The first kappa shape index (κ1) is 23.0. The van der Waals surface area contributed by atoms with Crippen LogP contribution in [0.15, 0.2) is 85.2 Å². The number of imidazole rings is 1. The summed E-state index contributed by atoms with van der Waals surface area (Å²) in [5.74, 6) is 1.28. The highest BCUT2D eigenvalue weighted by molar-refractivity contribution is 5.76. The van der Waals surface area contributed by atoms with Crippen LogP contribution in [-0.4, -0.2) is 33.0 Å². The van der Waals surface area contributed by atoms with Gasteiger partial charge in [-0.25, -0.2) is 4.98 Å². The van der Waals surface area contributed by atoms with E-state index in [1.807, 2.05) is 48.8 Å². The minimum Gasteiger partial charge on any atom is -0.460 e. The smallest absolute Gasteiger partial charge is 0.323 e. The van der Waals surface area contributed by atoms with Crippen LogP contribution in [0.25, 0.3) is 0 Å². The van der Waals surface area contributed by atoms with E-state index >= 15 is 0 Å². The highest BCUT2D eigenvalue weighted by Crippen LogP contribution is 2.29. The molecule has 2 atom stereocenters. The van der Waals surface area contributed by atoms with Gasteiger partial charge >= 0.3 is 5.97 Å². The van der Waals surface area contributed by atoms with Gasteiger partial charge in [-0.1, -0.05) is 79.7 Å². The SMILES string of the molecule is CC/C=C/CC1CC(C(=O)OCc2ccccc2)N(Cc2nccn2Cc2ccccc2)C1. The van der Waals surface area contributed by atoms with Crippen LogP contribution in [0.2, 0.25) is 0 Å². The van der Waals surface area contributed by atoms with E-state index in [1.165, 1.54) is 5.56 Å². The van der Waals surface area contributed by atoms with Crippen LogP contribution in [-0.2, 0) is 29.2 Å². The molecule has 3 aromatic rings. The number of likely N-dealkylation sites (tertiary alicyclic amines) is 1. The van der Waals surface area contributed by atoms with Gasteiger partial charge in [0.15, 0.2) is 0 Å². The molecule has 0 aliphatic carbocycles. The first-order chi connectivity index (χ1) is 16.2. The summed E-state index contributed by atoms with van der Waals surface area (Å²) in [5, 5.41) is 0. The minimum absolute atomic E-state index is 0.137. The molecule has 0 spiro atoms. The second kappa shape index (κ2) is 11.6. The fraction of sp³-hybridized carbons (Fsp3) is 0.357. The predicted molar refractivity (Wildman–Crippen MR) is 130 cm³/mol. The molecule has 1 aromatic heterocycles. The molecule has 5 heteroatoms. The summed E-state index contributed by atoms with van der Waals surface area (Å²) in [6.07, 6.45) is 11.2. The molecule has 2 heterocycles. The number of rotatable bonds is 10. The lowest BCUT2D eigenvalue weighted by atomic mass is 10.0. The Balaban J connectivity index is 1.45. The van der Waals surface area contributed by atoms with Gasteiger partial charge in [-0.15, -0.1) is 0 Å². The molecule has 5 nitrogen and oxygen atoms in total. The van der Waals surface area contributed by atoms with Crippen LogP contribution < -0.4 is 0 Å². The number of hydrogen-bond donors (Lipinski definition) is 0. The normalized spacial score (nSPS) is 18.7. The van der Waals surface area contributed by atoms with Gasteiger partial charge in [-0.05, 0) is 36.3 Å². The molecule has 0 saturated carbocycles. The van der Waals surface area contributed by atoms with Crippen LogP contribution in [0.4, 0.5) is 0 Å². The van der Waals surface area contributed by atoms with E-state index in [0.717, 1.165) is 43.7 Å². The first-order valence-electron chi connectivity index (χ1n) is 11.9. The highest BCUT2D eigenvalue weighted by atomic mass is 16.5. The molecule has 33 heavy (non-hydrogen) atoms. The summed E-state index contributed by atoms with van der Waals surface area (Å²) in [5.41, 5.74) is 2.25. The zero-order valence-corrected chi connectivity index (χ0v) is 19.3. The molecule has 0 amide bonds. The lowest BCUT2D eigenvalue weighted by molar-refractivity contribution is -0.150. The maximum absolute atomic E-state index is 13.1. The Kier molecular flexibility index (Phi) is 8.09. The number of benzene rings is 2. The van der Waals surface area contributed by atoms with E-state index in [2.05, 4.69) is 57.8 Å². The molecule has 0 radical (unpaired) electrons. The van der Waals surface area contributed by atoms with Crippen molar-refractivity contribution in [1.29, 1.82) is 0 Å². The number of esters is 1. The highest BCUT2D eigenvalue weighted by Gasteiger charge is 2.37. The van der Waals surface area contributed by atoms with E-state index in [1.54, 1.807) is 0 Å². The third kappa shape index (κ3) is 6.42. The topological polar surface area (TPSA) is 47.4 Å². The van der Waals surface area contributed by atoms with Crippen molar-refractivity contribution in [2.75, 3.05) is 6.54 Å². The third-order valence-electron chi connectivity index (χ3n) is 6.20. The van der Waals surface area contributed by atoms with Crippen molar-refractivity contribution in [2.24, 2.45) is 5.92 Å². The Bertz CT molecular complexity index is 1030. The molecule has 1 saturated heterocycles. The van der Waals surface area contributed by atoms with Gasteiger partial charge in [0.05, 0.1) is 6.54 Å². The van der Waals surface area contributed by atoms with Gasteiger partial charge in [0.2, 0.25) is 0 Å². The molecular formula is C28H33N3O2. The maximum Gasteiger partial charge on any atom is 0.323 e. The standard InChI is InChI=1S/C28H33N3O2/c1-2-3-6-15-25-18-26(28(32)33-22-24-13-9-5-10-14-24)31(20-25)21-27-29-16-17-30(27)19-23-11-7-4-8-12-23/h3-14,16-17,25-26H,2,15,18-22H2,1H3/b6-3+. The fourth-order valence-corrected chi connectivity index (χ4v) is 4.47. The maximum atomic E-state index is 13.1. The van der Waals surface area contributed by atoms with Crippen LogP contribution in [0.3, 0.4) is 0 Å². The van der Waals surface area contributed by atoms with Crippen molar-refractivity contribution in [2.45, 2.75) is 51.9 Å². The number of nitrogens with zero attached hydrogens (tertiary/aromatic N) is 3. The second-order valence-electron chi connectivity index (χ2n) is 8.71. The summed E-state index contributed by atoms with van der Waals surface area (Å²) in [4.78, 5) is 20.0. The van der Waals surface area contributed by atoms with Crippen LogP contribution in [0, 0.1) is 5.92 Å². The van der Waals surface area contributed by atoms with Crippen molar-refractivity contribution in [3.8, 4) is 0 Å². The lowest BCUT2D eigenvalue weighted by Gasteiger charge is -2.23. The van der Waals surface area contributed by atoms with Gasteiger partial charge in [0, 0.05) is 25.5 Å². The number of ether oxygens (including phenoxy) is 1. The molecule has 0 bridgehead atoms. The van der Waals surface area contributed by atoms with Crippen LogP contribution in [0.5, 0.6) is 0 Å². The van der Waals surface area contributed by atoms with Gasteiger partial charge in [-0.2, -0.15) is 0 Å². The second-order valence-corrected chi connectivity index (χ2v) is 8.71.